The van der Waals surface area contributed by atoms with Crippen molar-refractivity contribution in [3.8, 4) is 0 Å². The summed E-state index contributed by atoms with van der Waals surface area (Å²) in [5, 5.41) is 0. The van der Waals surface area contributed by atoms with Crippen molar-refractivity contribution in [2.75, 3.05) is 0 Å². The Bertz CT molecular complexity index is 24.9. The first kappa shape index (κ1) is 17.2. The maximum atomic E-state index is 6.75. The topological polar surface area (TPSA) is 111 Å². The van der Waals surface area contributed by atoms with Crippen molar-refractivity contribution in [1.29, 1.82) is 0 Å². The van der Waals surface area contributed by atoms with Gasteiger partial charge >= 0.3 is 0 Å². The van der Waals surface area contributed by atoms with Crippen molar-refractivity contribution in [1.82, 2.24) is 0 Å². The molecule has 5 nitrogen and oxygen atoms in total. The first-order valence-corrected chi connectivity index (χ1v) is 0.733. The Morgan fingerprint density at radius 1 is 1.17 bits per heavy atom. The molecule has 0 saturated carbocycles. The molecule has 0 heterocycles. The van der Waals surface area contributed by atoms with Gasteiger partial charge in [-0.05, 0) is 0 Å². The maximum absolute atomic E-state index is 6.75. The van der Waals surface area contributed by atoms with Crippen LogP contribution < -0.4 is 11.7 Å². The van der Waals surface area contributed by atoms with Gasteiger partial charge in [-0.25, -0.2) is 0 Å². The van der Waals surface area contributed by atoms with Crippen LogP contribution in [-0.4, -0.2) is 0 Å². The molecule has 6 heteroatoms. The van der Waals surface area contributed by atoms with Gasteiger partial charge in [-0.2, -0.15) is 0 Å². The second kappa shape index (κ2) is 122. The Balaban J connectivity index is -0.0000000275. The monoisotopic (exact) mass is 133 g/mol. The Morgan fingerprint density at radius 2 is 1.17 bits per heavy atom. The third-order valence-corrected chi connectivity index (χ3v) is 0. The third kappa shape index (κ3) is 403. The van der Waals surface area contributed by atoms with Gasteiger partial charge in [0.15, 0.2) is 0 Å². The largest absolute Gasteiger partial charge is 0.373 e. The van der Waals surface area contributed by atoms with Crippen LogP contribution in [0.4, 0.5) is 0 Å². The van der Waals surface area contributed by atoms with Gasteiger partial charge in [-0.3, -0.25) is 16.6 Å². The summed E-state index contributed by atoms with van der Waals surface area (Å²) in [5.41, 5.74) is 13.5. The van der Waals surface area contributed by atoms with Crippen LogP contribution in [0.15, 0.2) is 0 Å². The molecule has 0 amide bonds. The summed E-state index contributed by atoms with van der Waals surface area (Å²) in [6, 6.07) is 0. The molecule has 39 valence electrons. The summed E-state index contributed by atoms with van der Waals surface area (Å²) in [5.74, 6) is 8.00. The van der Waals surface area contributed by atoms with Crippen LogP contribution >= 0.6 is 0 Å². The van der Waals surface area contributed by atoms with Gasteiger partial charge < -0.3 is 11.1 Å². The molecule has 0 aromatic rings. The van der Waals surface area contributed by atoms with Crippen LogP contribution in [-0.2, 0) is 16.8 Å². The van der Waals surface area contributed by atoms with Gasteiger partial charge in [0.05, 0.1) is 0 Å². The second-order valence-corrected chi connectivity index (χ2v) is 0.0894. The SMILES string of the molecule is NN.[Co].[N-]=[N+]=[N-]. The Morgan fingerprint density at radius 3 is 1.17 bits per heavy atom. The van der Waals surface area contributed by atoms with Crippen molar-refractivity contribution in [2.45, 2.75) is 0 Å². The van der Waals surface area contributed by atoms with Crippen LogP contribution in [0.5, 0.6) is 0 Å². The van der Waals surface area contributed by atoms with E-state index < -0.39 is 0 Å². The Labute approximate surface area is 45.3 Å². The first-order valence-electron chi connectivity index (χ1n) is 0.733. The van der Waals surface area contributed by atoms with E-state index in [2.05, 4.69) is 11.7 Å². The number of nitrogens with zero attached hydrogens (tertiary/aromatic N) is 3. The summed E-state index contributed by atoms with van der Waals surface area (Å²) in [6.07, 6.45) is 0. The van der Waals surface area contributed by atoms with E-state index >= 15 is 0 Å². The van der Waals surface area contributed by atoms with Gasteiger partial charge in [0.2, 0.25) is 0 Å². The molecule has 0 fully saturated rings. The number of hydrogen-bond donors (Lipinski definition) is 2. The van der Waals surface area contributed by atoms with E-state index in [0.717, 1.165) is 0 Å². The molecule has 4 N–H and O–H groups in total. The van der Waals surface area contributed by atoms with Crippen molar-refractivity contribution in [2.24, 2.45) is 11.7 Å². The summed E-state index contributed by atoms with van der Waals surface area (Å²) in [7, 11) is 0. The molecular weight excluding hydrogens is 129 g/mol. The average molecular weight is 133 g/mol. The molecule has 0 unspecified atom stereocenters. The van der Waals surface area contributed by atoms with Crippen molar-refractivity contribution < 1.29 is 16.8 Å². The van der Waals surface area contributed by atoms with Crippen LogP contribution in [0.25, 0.3) is 16.0 Å². The third-order valence-electron chi connectivity index (χ3n) is 0. The number of hydrogen-bond acceptors (Lipinski definition) is 2. The molecular formula is H4CoN5-. The molecule has 6 heavy (non-hydrogen) atoms. The standard InChI is InChI=1S/Co.N3.H4N2/c;1-3-2;1-2/h;;1-2H2/q;-1;. The number of hydrazine groups is 1. The van der Waals surface area contributed by atoms with Crippen LogP contribution in [0.1, 0.15) is 0 Å². The number of rotatable bonds is 0. The molecule has 0 aromatic heterocycles. The fourth-order valence-corrected chi connectivity index (χ4v) is 0. The van der Waals surface area contributed by atoms with E-state index in [1.54, 1.807) is 0 Å². The Hall–Kier alpha value is -0.264. The zero-order valence-corrected chi connectivity index (χ0v) is 3.87. The zero-order valence-electron chi connectivity index (χ0n) is 2.83. The fraction of sp³-hybridized carbons (Fsp3) is 0. The van der Waals surface area contributed by atoms with Crippen molar-refractivity contribution in [3.05, 3.63) is 16.0 Å². The van der Waals surface area contributed by atoms with Crippen molar-refractivity contribution >= 4 is 0 Å². The molecule has 0 aliphatic carbocycles. The smallest absolute Gasteiger partial charge is 0 e. The van der Waals surface area contributed by atoms with E-state index in [9.17, 15) is 0 Å². The van der Waals surface area contributed by atoms with Gasteiger partial charge in [0.1, 0.15) is 0 Å². The number of nitrogens with two attached hydrogens (primary N) is 2. The van der Waals surface area contributed by atoms with Gasteiger partial charge in [0.25, 0.3) is 0 Å². The minimum atomic E-state index is 0. The van der Waals surface area contributed by atoms with Gasteiger partial charge in [-0.15, -0.1) is 0 Å². The summed E-state index contributed by atoms with van der Waals surface area (Å²) in [6.45, 7) is 0. The van der Waals surface area contributed by atoms with E-state index in [1.807, 2.05) is 0 Å². The van der Waals surface area contributed by atoms with Crippen LogP contribution in [0.2, 0.25) is 0 Å². The molecule has 0 saturated heterocycles. The normalized spacial score (nSPS) is 2.33. The predicted molar refractivity (Wildman–Crippen MR) is 18.5 cm³/mol. The molecule has 0 atom stereocenters. The molecule has 0 aliphatic heterocycles. The van der Waals surface area contributed by atoms with Gasteiger partial charge in [-0.1, -0.05) is 0 Å². The average Bonchev–Trinajstić information content (AvgIpc) is 1.46. The summed E-state index contributed by atoms with van der Waals surface area (Å²) in [4.78, 5) is 1.50. The zero-order chi connectivity index (χ0) is 4.71. The molecule has 0 rings (SSSR count). The fourth-order valence-electron chi connectivity index (χ4n) is 0. The second-order valence-electron chi connectivity index (χ2n) is 0.0894. The van der Waals surface area contributed by atoms with E-state index in [4.69, 9.17) is 11.1 Å². The minimum absolute atomic E-state index is 0. The molecule has 0 bridgehead atoms. The maximum Gasteiger partial charge on any atom is 0 e. The van der Waals surface area contributed by atoms with E-state index in [1.165, 1.54) is 4.91 Å². The molecule has 0 spiro atoms. The summed E-state index contributed by atoms with van der Waals surface area (Å²) >= 11 is 0. The van der Waals surface area contributed by atoms with E-state index in [0.29, 0.717) is 0 Å². The van der Waals surface area contributed by atoms with E-state index in [-0.39, 0.29) is 16.8 Å². The molecule has 0 aliphatic rings. The van der Waals surface area contributed by atoms with Crippen molar-refractivity contribution in [3.63, 3.8) is 0 Å². The molecule has 1 radical (unpaired) electrons. The Kier molecular flexibility index (Phi) is 349. The predicted octanol–water partition coefficient (Wildman–Crippen LogP) is -0.318. The summed E-state index contributed by atoms with van der Waals surface area (Å²) < 4.78 is 0. The quantitative estimate of drug-likeness (QED) is 0.155. The van der Waals surface area contributed by atoms with Gasteiger partial charge in [0, 0.05) is 16.8 Å². The van der Waals surface area contributed by atoms with Crippen LogP contribution in [0, 0.1) is 0 Å². The first-order chi connectivity index (χ1) is 2.41. The van der Waals surface area contributed by atoms with Crippen LogP contribution in [0.3, 0.4) is 0 Å². The minimum Gasteiger partial charge on any atom is -0.373 e. The molecule has 0 aromatic carbocycles.